The highest BCUT2D eigenvalue weighted by Gasteiger charge is 2.29. The van der Waals surface area contributed by atoms with Gasteiger partial charge in [0.2, 0.25) is 0 Å². The Morgan fingerprint density at radius 2 is 1.82 bits per heavy atom. The first-order valence-electron chi connectivity index (χ1n) is 6.33. The Balaban J connectivity index is 2.58. The third kappa shape index (κ3) is 4.76. The van der Waals surface area contributed by atoms with Crippen molar-refractivity contribution in [3.63, 3.8) is 0 Å². The molecule has 7 N–H and O–H groups in total. The van der Waals surface area contributed by atoms with Crippen LogP contribution in [0.3, 0.4) is 0 Å². The van der Waals surface area contributed by atoms with Gasteiger partial charge in [0, 0.05) is 0 Å². The maximum atomic E-state index is 11.7. The van der Waals surface area contributed by atoms with Gasteiger partial charge in [-0.25, -0.2) is 5.43 Å². The lowest BCUT2D eigenvalue weighted by molar-refractivity contribution is -0.0999. The molecule has 22 heavy (non-hydrogen) atoms. The second-order valence-electron chi connectivity index (χ2n) is 4.46. The Morgan fingerprint density at radius 3 is 2.41 bits per heavy atom. The molecule has 0 saturated carbocycles. The van der Waals surface area contributed by atoms with Crippen LogP contribution in [0.15, 0.2) is 29.4 Å². The second kappa shape index (κ2) is 8.41. The summed E-state index contributed by atoms with van der Waals surface area (Å²) in [6, 6.07) is 5.73. The number of benzene rings is 1. The van der Waals surface area contributed by atoms with Crippen LogP contribution in [-0.2, 0) is 0 Å². The number of phenols is 1. The number of nitrogens with one attached hydrogen (secondary N) is 1. The summed E-state index contributed by atoms with van der Waals surface area (Å²) in [7, 11) is 0. The van der Waals surface area contributed by atoms with E-state index in [1.165, 1.54) is 24.3 Å². The Morgan fingerprint density at radius 1 is 1.18 bits per heavy atom. The Hall–Kier alpha value is -2.04. The summed E-state index contributed by atoms with van der Waals surface area (Å²) in [5.74, 6) is -0.996. The fourth-order valence-corrected chi connectivity index (χ4v) is 1.52. The molecule has 1 rings (SSSR count). The average Bonchev–Trinajstić information content (AvgIpc) is 2.52. The van der Waals surface area contributed by atoms with Crippen molar-refractivity contribution in [2.45, 2.75) is 24.4 Å². The molecule has 1 aromatic carbocycles. The van der Waals surface area contributed by atoms with Crippen molar-refractivity contribution in [3.8, 4) is 5.75 Å². The number of aliphatic hydroxyl groups is 5. The summed E-state index contributed by atoms with van der Waals surface area (Å²) in [4.78, 5) is 11.7. The minimum Gasteiger partial charge on any atom is -0.507 e. The van der Waals surface area contributed by atoms with Crippen molar-refractivity contribution in [1.29, 1.82) is 0 Å². The number of carbonyl (C=O) groups excluding carboxylic acids is 1. The van der Waals surface area contributed by atoms with Crippen molar-refractivity contribution in [1.82, 2.24) is 5.43 Å². The molecule has 0 aliphatic rings. The van der Waals surface area contributed by atoms with Crippen molar-refractivity contribution >= 4 is 12.1 Å². The van der Waals surface area contributed by atoms with E-state index in [-0.39, 0.29) is 11.3 Å². The number of aromatic hydroxyl groups is 1. The lowest BCUT2D eigenvalue weighted by atomic mass is 10.0. The van der Waals surface area contributed by atoms with Crippen molar-refractivity contribution in [3.05, 3.63) is 29.8 Å². The molecule has 0 saturated heterocycles. The van der Waals surface area contributed by atoms with Crippen molar-refractivity contribution < 1.29 is 35.4 Å². The first-order chi connectivity index (χ1) is 10.4. The van der Waals surface area contributed by atoms with E-state index in [9.17, 15) is 25.2 Å². The van der Waals surface area contributed by atoms with E-state index in [0.717, 1.165) is 6.21 Å². The zero-order valence-electron chi connectivity index (χ0n) is 11.4. The zero-order chi connectivity index (χ0) is 16.7. The number of phenolic OH excluding ortho intramolecular Hbond substituents is 1. The first-order valence-corrected chi connectivity index (χ1v) is 6.33. The molecular weight excluding hydrogens is 296 g/mol. The molecule has 9 heteroatoms. The SMILES string of the molecule is O=C(N/N=C\[C@H](O)[C@H](O)[C@@H](O)[C@H](O)CO)c1ccccc1O. The summed E-state index contributed by atoms with van der Waals surface area (Å²) in [5.41, 5.74) is 1.98. The van der Waals surface area contributed by atoms with Crippen LogP contribution in [0.1, 0.15) is 10.4 Å². The number of hydrazone groups is 1. The molecule has 122 valence electrons. The number of nitrogens with zero attached hydrogens (tertiary/aromatic N) is 1. The molecule has 0 unspecified atom stereocenters. The standard InChI is InChI=1S/C13H18N2O7/c16-6-10(19)12(21)11(20)9(18)5-14-15-13(22)7-3-1-2-4-8(7)17/h1-5,9-12,16-21H,6H2,(H,15,22)/b14-5-/t9-,10+,11-,12-/m0/s1. The highest BCUT2D eigenvalue weighted by molar-refractivity contribution is 5.96. The lowest BCUT2D eigenvalue weighted by Gasteiger charge is -2.23. The largest absolute Gasteiger partial charge is 0.507 e. The van der Waals surface area contributed by atoms with E-state index in [1.54, 1.807) is 0 Å². The number of amides is 1. The van der Waals surface area contributed by atoms with E-state index in [0.29, 0.717) is 0 Å². The Labute approximate surface area is 125 Å². The molecule has 4 atom stereocenters. The van der Waals surface area contributed by atoms with Gasteiger partial charge in [-0.2, -0.15) is 5.10 Å². The molecule has 0 fully saturated rings. The van der Waals surface area contributed by atoms with Gasteiger partial charge in [-0.05, 0) is 12.1 Å². The topological polar surface area (TPSA) is 163 Å². The molecule has 0 radical (unpaired) electrons. The monoisotopic (exact) mass is 314 g/mol. The molecule has 0 bridgehead atoms. The van der Waals surface area contributed by atoms with Crippen LogP contribution in [0.5, 0.6) is 5.75 Å². The van der Waals surface area contributed by atoms with Gasteiger partial charge in [-0.15, -0.1) is 0 Å². The molecule has 1 amide bonds. The van der Waals surface area contributed by atoms with Crippen LogP contribution in [0.25, 0.3) is 0 Å². The molecule has 0 aromatic heterocycles. The number of hydrogen-bond donors (Lipinski definition) is 7. The van der Waals surface area contributed by atoms with Gasteiger partial charge in [0.05, 0.1) is 18.4 Å². The quantitative estimate of drug-likeness (QED) is 0.217. The number of rotatable bonds is 7. The summed E-state index contributed by atoms with van der Waals surface area (Å²) in [5, 5.41) is 59.0. The van der Waals surface area contributed by atoms with E-state index < -0.39 is 36.9 Å². The Kier molecular flexibility index (Phi) is 6.89. The van der Waals surface area contributed by atoms with Gasteiger partial charge in [0.15, 0.2) is 0 Å². The molecule has 9 nitrogen and oxygen atoms in total. The molecule has 0 spiro atoms. The van der Waals surface area contributed by atoms with E-state index >= 15 is 0 Å². The summed E-state index contributed by atoms with van der Waals surface area (Å²) >= 11 is 0. The van der Waals surface area contributed by atoms with Crippen molar-refractivity contribution in [2.75, 3.05) is 6.61 Å². The molecular formula is C13H18N2O7. The van der Waals surface area contributed by atoms with Gasteiger partial charge in [-0.1, -0.05) is 12.1 Å². The van der Waals surface area contributed by atoms with Crippen LogP contribution in [-0.4, -0.2) is 73.8 Å². The van der Waals surface area contributed by atoms with Gasteiger partial charge in [0.1, 0.15) is 30.2 Å². The number of aliphatic hydroxyl groups excluding tert-OH is 5. The molecule has 1 aromatic rings. The maximum Gasteiger partial charge on any atom is 0.275 e. The van der Waals surface area contributed by atoms with Crippen LogP contribution >= 0.6 is 0 Å². The van der Waals surface area contributed by atoms with Crippen LogP contribution < -0.4 is 5.43 Å². The third-order valence-corrected chi connectivity index (χ3v) is 2.82. The smallest absolute Gasteiger partial charge is 0.275 e. The predicted molar refractivity (Wildman–Crippen MR) is 75.2 cm³/mol. The summed E-state index contributed by atoms with van der Waals surface area (Å²) < 4.78 is 0. The molecule has 0 heterocycles. The summed E-state index contributed by atoms with van der Waals surface area (Å²) in [6.45, 7) is -0.799. The van der Waals surface area contributed by atoms with Gasteiger partial charge in [-0.3, -0.25) is 4.79 Å². The number of carbonyl (C=O) groups is 1. The highest BCUT2D eigenvalue weighted by Crippen LogP contribution is 2.14. The minimum absolute atomic E-state index is 0.0366. The van der Waals surface area contributed by atoms with E-state index in [2.05, 4.69) is 5.10 Å². The maximum absolute atomic E-state index is 11.7. The number of para-hydroxylation sites is 1. The normalized spacial score (nSPS) is 17.0. The van der Waals surface area contributed by atoms with Crippen molar-refractivity contribution in [2.24, 2.45) is 5.10 Å². The van der Waals surface area contributed by atoms with Gasteiger partial charge >= 0.3 is 0 Å². The molecule has 0 aliphatic carbocycles. The fourth-order valence-electron chi connectivity index (χ4n) is 1.52. The van der Waals surface area contributed by atoms with Crippen LogP contribution in [0.2, 0.25) is 0 Å². The van der Waals surface area contributed by atoms with E-state index in [4.69, 9.17) is 10.2 Å². The minimum atomic E-state index is -1.81. The predicted octanol–water partition coefficient (Wildman–Crippen LogP) is -2.46. The highest BCUT2D eigenvalue weighted by atomic mass is 16.4. The van der Waals surface area contributed by atoms with Crippen LogP contribution in [0.4, 0.5) is 0 Å². The second-order valence-corrected chi connectivity index (χ2v) is 4.46. The summed E-state index contributed by atoms with van der Waals surface area (Å²) in [6.07, 6.45) is -6.20. The Bertz CT molecular complexity index is 523. The first kappa shape index (κ1) is 18.0. The van der Waals surface area contributed by atoms with E-state index in [1.807, 2.05) is 5.43 Å². The fraction of sp³-hybridized carbons (Fsp3) is 0.385. The lowest BCUT2D eigenvalue weighted by Crippen LogP contribution is -2.46. The van der Waals surface area contributed by atoms with Gasteiger partial charge < -0.3 is 30.6 Å². The van der Waals surface area contributed by atoms with Gasteiger partial charge in [0.25, 0.3) is 5.91 Å². The average molecular weight is 314 g/mol. The third-order valence-electron chi connectivity index (χ3n) is 2.82. The number of hydrogen-bond acceptors (Lipinski definition) is 8. The van der Waals surface area contributed by atoms with Crippen LogP contribution in [0, 0.1) is 0 Å². The molecule has 0 aliphatic heterocycles. The zero-order valence-corrected chi connectivity index (χ0v) is 11.4.